The number of anilines is 1. The van der Waals surface area contributed by atoms with Crippen molar-refractivity contribution in [3.8, 4) is 0 Å². The minimum atomic E-state index is -3.79. The monoisotopic (exact) mass is 397 g/mol. The van der Waals surface area contributed by atoms with Gasteiger partial charge in [-0.1, -0.05) is 28.1 Å². The van der Waals surface area contributed by atoms with Gasteiger partial charge in [-0.2, -0.15) is 0 Å². The third kappa shape index (κ3) is 3.40. The average Bonchev–Trinajstić information content (AvgIpc) is 2.55. The molecule has 7 heteroatoms. The zero-order valence-electron chi connectivity index (χ0n) is 12.9. The zero-order chi connectivity index (χ0) is 17.2. The Morgan fingerprint density at radius 3 is 2.43 bits per heavy atom. The van der Waals surface area contributed by atoms with Gasteiger partial charge in [-0.3, -0.25) is 4.31 Å². The summed E-state index contributed by atoms with van der Waals surface area (Å²) in [6, 6.07) is 11.2. The first-order valence-electron chi connectivity index (χ1n) is 6.71. The first kappa shape index (κ1) is 17.5. The molecular formula is C16H16BrNO4S. The van der Waals surface area contributed by atoms with Gasteiger partial charge in [0, 0.05) is 11.5 Å². The maximum atomic E-state index is 12.8. The van der Waals surface area contributed by atoms with E-state index in [-0.39, 0.29) is 16.1 Å². The molecule has 0 unspecified atom stereocenters. The molecule has 0 saturated carbocycles. The van der Waals surface area contributed by atoms with Crippen molar-refractivity contribution in [1.82, 2.24) is 0 Å². The van der Waals surface area contributed by atoms with Crippen molar-refractivity contribution in [2.75, 3.05) is 18.5 Å². The quantitative estimate of drug-likeness (QED) is 0.741. The van der Waals surface area contributed by atoms with Gasteiger partial charge in [0.05, 0.1) is 23.3 Å². The first-order chi connectivity index (χ1) is 10.8. The van der Waals surface area contributed by atoms with Gasteiger partial charge in [0.1, 0.15) is 0 Å². The van der Waals surface area contributed by atoms with E-state index in [4.69, 9.17) is 4.74 Å². The van der Waals surface area contributed by atoms with Crippen LogP contribution in [0.3, 0.4) is 0 Å². The molecule has 23 heavy (non-hydrogen) atoms. The summed E-state index contributed by atoms with van der Waals surface area (Å²) < 4.78 is 32.3. The van der Waals surface area contributed by atoms with E-state index in [1.807, 2.05) is 6.92 Å². The molecule has 0 bridgehead atoms. The number of carbonyl (C=O) groups is 1. The summed E-state index contributed by atoms with van der Waals surface area (Å²) in [5, 5.41) is 0. The van der Waals surface area contributed by atoms with Crippen molar-refractivity contribution in [3.05, 3.63) is 58.1 Å². The number of nitrogens with zero attached hydrogens (tertiary/aromatic N) is 1. The number of aryl methyl sites for hydroxylation is 1. The fourth-order valence-electron chi connectivity index (χ4n) is 2.10. The molecule has 0 heterocycles. The van der Waals surface area contributed by atoms with Crippen molar-refractivity contribution in [1.29, 1.82) is 0 Å². The van der Waals surface area contributed by atoms with Crippen molar-refractivity contribution in [3.63, 3.8) is 0 Å². The predicted molar refractivity (Wildman–Crippen MR) is 92.2 cm³/mol. The number of ether oxygens (including phenoxy) is 1. The summed E-state index contributed by atoms with van der Waals surface area (Å²) >= 11 is 3.35. The predicted octanol–water partition coefficient (Wildman–Crippen LogP) is 3.37. The Labute approximate surface area is 144 Å². The zero-order valence-corrected chi connectivity index (χ0v) is 15.3. The molecule has 0 spiro atoms. The molecule has 2 aromatic rings. The van der Waals surface area contributed by atoms with Crippen LogP contribution in [0.15, 0.2) is 51.8 Å². The molecule has 0 radical (unpaired) electrons. The molecule has 0 saturated heterocycles. The van der Waals surface area contributed by atoms with Crippen molar-refractivity contribution in [2.24, 2.45) is 0 Å². The summed E-state index contributed by atoms with van der Waals surface area (Å²) in [4.78, 5) is 12.0. The molecule has 0 fully saturated rings. The molecule has 0 aromatic heterocycles. The molecule has 122 valence electrons. The third-order valence-corrected chi connectivity index (χ3v) is 6.09. The normalized spacial score (nSPS) is 11.1. The number of rotatable bonds is 4. The Balaban J connectivity index is 2.53. The van der Waals surface area contributed by atoms with Gasteiger partial charge in [-0.25, -0.2) is 13.2 Å². The molecule has 0 aliphatic rings. The molecule has 0 aliphatic carbocycles. The third-order valence-electron chi connectivity index (χ3n) is 3.44. The van der Waals surface area contributed by atoms with Gasteiger partial charge in [0.15, 0.2) is 0 Å². The summed E-state index contributed by atoms with van der Waals surface area (Å²) in [5.74, 6) is -0.588. The molecule has 5 nitrogen and oxygen atoms in total. The Hall–Kier alpha value is -1.86. The Bertz CT molecular complexity index is 849. The number of sulfonamides is 1. The second-order valence-electron chi connectivity index (χ2n) is 4.89. The molecule has 0 atom stereocenters. The van der Waals surface area contributed by atoms with Gasteiger partial charge in [-0.15, -0.1) is 0 Å². The largest absolute Gasteiger partial charge is 0.465 e. The molecule has 2 aromatic carbocycles. The minimum absolute atomic E-state index is 0.153. The van der Waals surface area contributed by atoms with Gasteiger partial charge in [0.2, 0.25) is 0 Å². The van der Waals surface area contributed by atoms with E-state index in [0.717, 1.165) is 14.3 Å². The number of halogens is 1. The number of esters is 1. The van der Waals surface area contributed by atoms with E-state index in [2.05, 4.69) is 15.9 Å². The highest BCUT2D eigenvalue weighted by molar-refractivity contribution is 9.10. The minimum Gasteiger partial charge on any atom is -0.465 e. The SMILES string of the molecule is COC(=O)c1ccccc1N(C)S(=O)(=O)c1ccc(Br)c(C)c1. The van der Waals surface area contributed by atoms with E-state index < -0.39 is 16.0 Å². The number of hydrogen-bond acceptors (Lipinski definition) is 4. The van der Waals surface area contributed by atoms with Gasteiger partial charge in [0.25, 0.3) is 10.0 Å². The average molecular weight is 398 g/mol. The van der Waals surface area contributed by atoms with Crippen LogP contribution < -0.4 is 4.31 Å². The fraction of sp³-hybridized carbons (Fsp3) is 0.188. The lowest BCUT2D eigenvalue weighted by Crippen LogP contribution is -2.28. The molecule has 0 amide bonds. The van der Waals surface area contributed by atoms with Crippen molar-refractivity contribution >= 4 is 37.6 Å². The smallest absolute Gasteiger partial charge is 0.340 e. The van der Waals surface area contributed by atoms with E-state index in [0.29, 0.717) is 0 Å². The number of benzene rings is 2. The first-order valence-corrected chi connectivity index (χ1v) is 8.94. The van der Waals surface area contributed by atoms with Crippen LogP contribution in [0.5, 0.6) is 0 Å². The molecule has 2 rings (SSSR count). The van der Waals surface area contributed by atoms with Crippen LogP contribution >= 0.6 is 15.9 Å². The lowest BCUT2D eigenvalue weighted by atomic mass is 10.2. The van der Waals surface area contributed by atoms with Crippen molar-refractivity contribution < 1.29 is 17.9 Å². The summed E-state index contributed by atoms with van der Waals surface area (Å²) in [6.45, 7) is 1.81. The lowest BCUT2D eigenvalue weighted by Gasteiger charge is -2.22. The van der Waals surface area contributed by atoms with E-state index >= 15 is 0 Å². The van der Waals surface area contributed by atoms with E-state index in [9.17, 15) is 13.2 Å². The highest BCUT2D eigenvalue weighted by Gasteiger charge is 2.25. The van der Waals surface area contributed by atoms with Crippen LogP contribution in [-0.4, -0.2) is 28.5 Å². The molecule has 0 aliphatic heterocycles. The number of methoxy groups -OCH3 is 1. The summed E-state index contributed by atoms with van der Waals surface area (Å²) in [7, 11) is -1.12. The van der Waals surface area contributed by atoms with Crippen LogP contribution in [0.25, 0.3) is 0 Å². The van der Waals surface area contributed by atoms with Crippen LogP contribution in [0.2, 0.25) is 0 Å². The van der Waals surface area contributed by atoms with E-state index in [1.54, 1.807) is 30.3 Å². The topological polar surface area (TPSA) is 63.7 Å². The van der Waals surface area contributed by atoms with Gasteiger partial charge in [-0.05, 0) is 42.8 Å². The highest BCUT2D eigenvalue weighted by atomic mass is 79.9. The Kier molecular flexibility index (Phi) is 5.11. The molecule has 0 N–H and O–H groups in total. The van der Waals surface area contributed by atoms with Crippen LogP contribution in [0.1, 0.15) is 15.9 Å². The summed E-state index contributed by atoms with van der Waals surface area (Å²) in [6.07, 6.45) is 0. The molecular weight excluding hydrogens is 382 g/mol. The van der Waals surface area contributed by atoms with Crippen LogP contribution in [0.4, 0.5) is 5.69 Å². The second kappa shape index (κ2) is 6.72. The van der Waals surface area contributed by atoms with Gasteiger partial charge < -0.3 is 4.74 Å². The summed E-state index contributed by atoms with van der Waals surface area (Å²) in [5.41, 5.74) is 1.26. The highest BCUT2D eigenvalue weighted by Crippen LogP contribution is 2.28. The Morgan fingerprint density at radius 2 is 1.83 bits per heavy atom. The standard InChI is InChI=1S/C16H16BrNO4S/c1-11-10-12(8-9-14(11)17)23(20,21)18(2)15-7-5-4-6-13(15)16(19)22-3/h4-10H,1-3H3. The number of carbonyl (C=O) groups excluding carboxylic acids is 1. The Morgan fingerprint density at radius 1 is 1.17 bits per heavy atom. The fourth-order valence-corrected chi connectivity index (χ4v) is 3.64. The maximum absolute atomic E-state index is 12.8. The van der Waals surface area contributed by atoms with Crippen LogP contribution in [0, 0.1) is 6.92 Å². The maximum Gasteiger partial charge on any atom is 0.340 e. The van der Waals surface area contributed by atoms with Gasteiger partial charge >= 0.3 is 5.97 Å². The van der Waals surface area contributed by atoms with Crippen LogP contribution in [-0.2, 0) is 14.8 Å². The lowest BCUT2D eigenvalue weighted by molar-refractivity contribution is 0.0601. The second-order valence-corrected chi connectivity index (χ2v) is 7.72. The number of hydrogen-bond donors (Lipinski definition) is 0. The van der Waals surface area contributed by atoms with E-state index in [1.165, 1.54) is 26.3 Å². The van der Waals surface area contributed by atoms with Crippen molar-refractivity contribution in [2.45, 2.75) is 11.8 Å². The number of para-hydroxylation sites is 1.